The van der Waals surface area contributed by atoms with E-state index in [9.17, 15) is 5.11 Å². The van der Waals surface area contributed by atoms with Crippen LogP contribution in [0.3, 0.4) is 0 Å². The van der Waals surface area contributed by atoms with Gasteiger partial charge in [0.05, 0.1) is 25.9 Å². The Morgan fingerprint density at radius 3 is 2.86 bits per heavy atom. The van der Waals surface area contributed by atoms with Crippen molar-refractivity contribution in [3.05, 3.63) is 28.8 Å². The normalized spacial score (nSPS) is 22.5. The highest BCUT2D eigenvalue weighted by Crippen LogP contribution is 2.37. The number of rotatable bonds is 2. The van der Waals surface area contributed by atoms with Gasteiger partial charge in [0.1, 0.15) is 0 Å². The molecule has 21 heavy (non-hydrogen) atoms. The average Bonchev–Trinajstić information content (AvgIpc) is 2.93. The summed E-state index contributed by atoms with van der Waals surface area (Å²) in [6.45, 7) is 9.63. The van der Waals surface area contributed by atoms with E-state index >= 15 is 0 Å². The quantitative estimate of drug-likeness (QED) is 0.908. The number of nitrogens with zero attached hydrogens (tertiary/aromatic N) is 1. The van der Waals surface area contributed by atoms with Crippen molar-refractivity contribution in [1.82, 2.24) is 0 Å². The predicted octanol–water partition coefficient (Wildman–Crippen LogP) is 3.02. The second-order valence-corrected chi connectivity index (χ2v) is 7.36. The largest absolute Gasteiger partial charge is 0.394 e. The second-order valence-electron chi connectivity index (χ2n) is 7.36. The van der Waals surface area contributed by atoms with Gasteiger partial charge in [0.2, 0.25) is 0 Å². The zero-order valence-corrected chi connectivity index (χ0v) is 13.5. The summed E-state index contributed by atoms with van der Waals surface area (Å²) in [6.07, 6.45) is 3.26. The molecule has 3 nitrogen and oxygen atoms in total. The minimum Gasteiger partial charge on any atom is -0.394 e. The number of ether oxygens (including phenoxy) is 1. The molecule has 1 atom stereocenters. The Kier molecular flexibility index (Phi) is 3.98. The van der Waals surface area contributed by atoms with Crippen molar-refractivity contribution in [3.8, 4) is 0 Å². The number of fused-ring (bicyclic) bond motifs is 1. The number of anilines is 1. The fourth-order valence-corrected chi connectivity index (χ4v) is 3.49. The third-order valence-electron chi connectivity index (χ3n) is 4.84. The second kappa shape index (κ2) is 5.62. The maximum Gasteiger partial charge on any atom is 0.0739 e. The van der Waals surface area contributed by atoms with Crippen LogP contribution in [0.15, 0.2) is 12.1 Å². The summed E-state index contributed by atoms with van der Waals surface area (Å²) in [5, 5.41) is 9.66. The zero-order chi connectivity index (χ0) is 15.0. The molecule has 1 aromatic rings. The summed E-state index contributed by atoms with van der Waals surface area (Å²) in [5.74, 6) is 0. The summed E-state index contributed by atoms with van der Waals surface area (Å²) in [6, 6.07) is 4.97. The van der Waals surface area contributed by atoms with E-state index in [2.05, 4.69) is 37.8 Å². The molecule has 3 rings (SSSR count). The van der Waals surface area contributed by atoms with Gasteiger partial charge in [-0.3, -0.25) is 0 Å². The van der Waals surface area contributed by atoms with Crippen molar-refractivity contribution in [2.75, 3.05) is 24.7 Å². The molecule has 0 aromatic heterocycles. The van der Waals surface area contributed by atoms with Gasteiger partial charge in [-0.25, -0.2) is 0 Å². The van der Waals surface area contributed by atoms with Crippen molar-refractivity contribution in [1.29, 1.82) is 0 Å². The van der Waals surface area contributed by atoms with Gasteiger partial charge in [-0.1, -0.05) is 26.8 Å². The van der Waals surface area contributed by atoms with Crippen LogP contribution in [0, 0.1) is 0 Å². The van der Waals surface area contributed by atoms with Crippen molar-refractivity contribution in [3.63, 3.8) is 0 Å². The van der Waals surface area contributed by atoms with Crippen LogP contribution in [0.4, 0.5) is 5.69 Å². The van der Waals surface area contributed by atoms with Gasteiger partial charge in [0.15, 0.2) is 0 Å². The molecule has 1 saturated heterocycles. The van der Waals surface area contributed by atoms with Crippen molar-refractivity contribution in [2.45, 2.75) is 58.1 Å². The lowest BCUT2D eigenvalue weighted by Gasteiger charge is -2.33. The highest BCUT2D eigenvalue weighted by atomic mass is 16.5. The third-order valence-corrected chi connectivity index (χ3v) is 4.84. The fourth-order valence-electron chi connectivity index (χ4n) is 3.49. The summed E-state index contributed by atoms with van der Waals surface area (Å²) in [7, 11) is 0. The van der Waals surface area contributed by atoms with Crippen LogP contribution < -0.4 is 4.90 Å². The highest BCUT2D eigenvalue weighted by molar-refractivity contribution is 5.61. The van der Waals surface area contributed by atoms with Gasteiger partial charge in [0, 0.05) is 17.8 Å². The summed E-state index contributed by atoms with van der Waals surface area (Å²) < 4.78 is 5.70. The van der Waals surface area contributed by atoms with Crippen molar-refractivity contribution >= 4 is 5.69 Å². The minimum absolute atomic E-state index is 0.149. The SMILES string of the molecule is CC(C)(C)c1cc2c(c(N3CCCC3CO)c1)COCC2. The summed E-state index contributed by atoms with van der Waals surface area (Å²) in [5.41, 5.74) is 5.62. The zero-order valence-electron chi connectivity index (χ0n) is 13.5. The predicted molar refractivity (Wildman–Crippen MR) is 86.0 cm³/mol. The Labute approximate surface area is 127 Å². The molecule has 0 amide bonds. The average molecular weight is 289 g/mol. The summed E-state index contributed by atoms with van der Waals surface area (Å²) in [4.78, 5) is 2.41. The van der Waals surface area contributed by atoms with Gasteiger partial charge < -0.3 is 14.7 Å². The topological polar surface area (TPSA) is 32.7 Å². The first kappa shape index (κ1) is 14.9. The first-order valence-corrected chi connectivity index (χ1v) is 8.12. The Hall–Kier alpha value is -1.06. The lowest BCUT2D eigenvalue weighted by atomic mass is 9.83. The molecule has 0 saturated carbocycles. The van der Waals surface area contributed by atoms with E-state index in [-0.39, 0.29) is 18.1 Å². The number of benzene rings is 1. The Balaban J connectivity index is 2.08. The van der Waals surface area contributed by atoms with Crippen LogP contribution in [-0.4, -0.2) is 30.9 Å². The van der Waals surface area contributed by atoms with E-state index in [1.807, 2.05) is 0 Å². The molecule has 116 valence electrons. The highest BCUT2D eigenvalue weighted by Gasteiger charge is 2.29. The molecule has 0 aliphatic carbocycles. The monoisotopic (exact) mass is 289 g/mol. The molecule has 1 fully saturated rings. The first-order valence-electron chi connectivity index (χ1n) is 8.12. The van der Waals surface area contributed by atoms with Gasteiger partial charge in [-0.15, -0.1) is 0 Å². The molecule has 0 radical (unpaired) electrons. The molecular formula is C18H27NO2. The maximum atomic E-state index is 9.66. The van der Waals surface area contributed by atoms with Crippen LogP contribution in [-0.2, 0) is 23.2 Å². The number of hydrogen-bond acceptors (Lipinski definition) is 3. The minimum atomic E-state index is 0.149. The number of aliphatic hydroxyl groups excluding tert-OH is 1. The lowest BCUT2D eigenvalue weighted by molar-refractivity contribution is 0.111. The molecule has 2 heterocycles. The lowest BCUT2D eigenvalue weighted by Crippen LogP contribution is -2.34. The van der Waals surface area contributed by atoms with Crippen LogP contribution in [0.25, 0.3) is 0 Å². The third kappa shape index (κ3) is 2.82. The first-order chi connectivity index (χ1) is 10.0. The molecule has 1 aromatic carbocycles. The van der Waals surface area contributed by atoms with Gasteiger partial charge in [0.25, 0.3) is 0 Å². The molecule has 3 heteroatoms. The smallest absolute Gasteiger partial charge is 0.0739 e. The Morgan fingerprint density at radius 1 is 1.33 bits per heavy atom. The number of aliphatic hydroxyl groups is 1. The van der Waals surface area contributed by atoms with E-state index in [0.29, 0.717) is 6.61 Å². The number of hydrogen-bond donors (Lipinski definition) is 1. The van der Waals surface area contributed by atoms with Crippen LogP contribution in [0.1, 0.15) is 50.3 Å². The van der Waals surface area contributed by atoms with E-state index in [4.69, 9.17) is 4.74 Å². The fraction of sp³-hybridized carbons (Fsp3) is 0.667. The molecular weight excluding hydrogens is 262 g/mol. The molecule has 2 aliphatic rings. The maximum absolute atomic E-state index is 9.66. The van der Waals surface area contributed by atoms with E-state index in [1.54, 1.807) is 0 Å². The molecule has 2 aliphatic heterocycles. The summed E-state index contributed by atoms with van der Waals surface area (Å²) >= 11 is 0. The molecule has 1 unspecified atom stereocenters. The van der Waals surface area contributed by atoms with E-state index in [1.165, 1.54) is 28.8 Å². The molecule has 0 bridgehead atoms. The van der Waals surface area contributed by atoms with Crippen molar-refractivity contribution in [2.24, 2.45) is 0 Å². The van der Waals surface area contributed by atoms with Crippen LogP contribution in [0.5, 0.6) is 0 Å². The standard InChI is InChI=1S/C18H27NO2/c1-18(2,3)14-9-13-6-8-21-12-16(13)17(10-14)19-7-4-5-15(19)11-20/h9-10,15,20H,4-8,11-12H2,1-3H3. The van der Waals surface area contributed by atoms with Gasteiger partial charge in [-0.05, 0) is 41.9 Å². The van der Waals surface area contributed by atoms with E-state index < -0.39 is 0 Å². The Morgan fingerprint density at radius 2 is 2.14 bits per heavy atom. The van der Waals surface area contributed by atoms with Crippen LogP contribution in [0.2, 0.25) is 0 Å². The van der Waals surface area contributed by atoms with E-state index in [0.717, 1.165) is 26.0 Å². The Bertz CT molecular complexity index is 519. The van der Waals surface area contributed by atoms with Crippen LogP contribution >= 0.6 is 0 Å². The van der Waals surface area contributed by atoms with Crippen molar-refractivity contribution < 1.29 is 9.84 Å². The molecule has 1 N–H and O–H groups in total. The van der Waals surface area contributed by atoms with Gasteiger partial charge >= 0.3 is 0 Å². The van der Waals surface area contributed by atoms with Gasteiger partial charge in [-0.2, -0.15) is 0 Å². The molecule has 0 spiro atoms.